The Morgan fingerprint density at radius 1 is 1.43 bits per heavy atom. The molecule has 3 rings (SSSR count). The van der Waals surface area contributed by atoms with Crippen LogP contribution in [0.2, 0.25) is 0 Å². The van der Waals surface area contributed by atoms with Crippen molar-refractivity contribution in [1.82, 2.24) is 14.8 Å². The lowest BCUT2D eigenvalue weighted by Gasteiger charge is -2.08. The highest BCUT2D eigenvalue weighted by Gasteiger charge is 2.19. The van der Waals surface area contributed by atoms with Gasteiger partial charge in [-0.05, 0) is 32.0 Å². The van der Waals surface area contributed by atoms with Crippen LogP contribution in [0.3, 0.4) is 0 Å². The average Bonchev–Trinajstić information content (AvgIpc) is 3.13. The van der Waals surface area contributed by atoms with Crippen molar-refractivity contribution in [2.45, 2.75) is 19.9 Å². The molecule has 0 radical (unpaired) electrons. The number of carbonyl (C=O) groups is 1. The van der Waals surface area contributed by atoms with Gasteiger partial charge in [-0.25, -0.2) is 14.5 Å². The molecule has 0 unspecified atom stereocenters. The van der Waals surface area contributed by atoms with Crippen LogP contribution in [-0.4, -0.2) is 27.8 Å². The highest BCUT2D eigenvalue weighted by atomic mass is 16.5. The van der Waals surface area contributed by atoms with Crippen molar-refractivity contribution in [1.29, 1.82) is 0 Å². The Morgan fingerprint density at radius 2 is 2.24 bits per heavy atom. The molecular weight excluding hydrogens is 270 g/mol. The second-order valence-electron chi connectivity index (χ2n) is 4.94. The highest BCUT2D eigenvalue weighted by molar-refractivity contribution is 6.03. The summed E-state index contributed by atoms with van der Waals surface area (Å²) in [6.07, 6.45) is 3.21. The molecule has 3 aromatic rings. The van der Waals surface area contributed by atoms with Crippen LogP contribution in [-0.2, 0) is 4.74 Å². The van der Waals surface area contributed by atoms with Gasteiger partial charge in [0.2, 0.25) is 0 Å². The summed E-state index contributed by atoms with van der Waals surface area (Å²) in [5, 5.41) is 4.98. The fourth-order valence-electron chi connectivity index (χ4n) is 2.23. The van der Waals surface area contributed by atoms with Crippen LogP contribution >= 0.6 is 0 Å². The van der Waals surface area contributed by atoms with Gasteiger partial charge in [0.1, 0.15) is 5.69 Å². The van der Waals surface area contributed by atoms with Crippen LogP contribution < -0.4 is 0 Å². The molecule has 6 nitrogen and oxygen atoms in total. The van der Waals surface area contributed by atoms with Crippen molar-refractivity contribution < 1.29 is 13.9 Å². The quantitative estimate of drug-likeness (QED) is 0.692. The number of fused-ring (bicyclic) bond motifs is 1. The summed E-state index contributed by atoms with van der Waals surface area (Å²) >= 11 is 0. The summed E-state index contributed by atoms with van der Waals surface area (Å²) < 4.78 is 12.0. The minimum absolute atomic E-state index is 0.132. The molecule has 0 bridgehead atoms. The van der Waals surface area contributed by atoms with E-state index < -0.39 is 5.97 Å². The predicted molar refractivity (Wildman–Crippen MR) is 77.0 cm³/mol. The molecule has 0 fully saturated rings. The van der Waals surface area contributed by atoms with Gasteiger partial charge >= 0.3 is 5.97 Å². The van der Waals surface area contributed by atoms with E-state index >= 15 is 0 Å². The van der Waals surface area contributed by atoms with E-state index in [1.165, 1.54) is 7.11 Å². The smallest absolute Gasteiger partial charge is 0.338 e. The Labute approximate surface area is 121 Å². The first-order valence-corrected chi connectivity index (χ1v) is 6.62. The molecule has 108 valence electrons. The van der Waals surface area contributed by atoms with Gasteiger partial charge in [0, 0.05) is 6.04 Å². The van der Waals surface area contributed by atoms with Crippen LogP contribution in [0.15, 0.2) is 35.1 Å². The second-order valence-corrected chi connectivity index (χ2v) is 4.94. The number of esters is 1. The van der Waals surface area contributed by atoms with E-state index in [0.29, 0.717) is 28.1 Å². The van der Waals surface area contributed by atoms with Crippen LogP contribution in [0.5, 0.6) is 0 Å². The summed E-state index contributed by atoms with van der Waals surface area (Å²) in [5.41, 5.74) is 1.65. The van der Waals surface area contributed by atoms with Crippen molar-refractivity contribution >= 4 is 17.0 Å². The molecule has 0 aliphatic carbocycles. The Hall–Kier alpha value is -2.63. The van der Waals surface area contributed by atoms with Crippen molar-refractivity contribution in [3.63, 3.8) is 0 Å². The van der Waals surface area contributed by atoms with Crippen LogP contribution in [0.1, 0.15) is 30.2 Å². The highest BCUT2D eigenvalue weighted by Crippen LogP contribution is 2.26. The number of rotatable bonds is 3. The number of furan rings is 1. The third-order valence-corrected chi connectivity index (χ3v) is 3.23. The van der Waals surface area contributed by atoms with E-state index in [0.717, 1.165) is 0 Å². The van der Waals surface area contributed by atoms with E-state index in [2.05, 4.69) is 10.1 Å². The molecule has 0 spiro atoms. The van der Waals surface area contributed by atoms with E-state index in [1.54, 1.807) is 35.3 Å². The molecule has 0 aliphatic rings. The maximum Gasteiger partial charge on any atom is 0.338 e. The topological polar surface area (TPSA) is 70.2 Å². The predicted octanol–water partition coefficient (Wildman–Crippen LogP) is 3.06. The number of hydrogen-bond donors (Lipinski definition) is 0. The zero-order valence-electron chi connectivity index (χ0n) is 12.0. The second kappa shape index (κ2) is 5.05. The first kappa shape index (κ1) is 13.4. The number of hydrogen-bond acceptors (Lipinski definition) is 5. The molecule has 0 N–H and O–H groups in total. The van der Waals surface area contributed by atoms with Gasteiger partial charge in [0.05, 0.1) is 30.5 Å². The standard InChI is InChI=1S/C15H15N3O3/c1-9(2)18-14-11(8-16-18)10(15(19)20-3)7-12(17-14)13-5-4-6-21-13/h4-9H,1-3H3. The van der Waals surface area contributed by atoms with Crippen LogP contribution in [0.25, 0.3) is 22.5 Å². The van der Waals surface area contributed by atoms with E-state index in [-0.39, 0.29) is 6.04 Å². The summed E-state index contributed by atoms with van der Waals surface area (Å²) in [4.78, 5) is 16.6. The van der Waals surface area contributed by atoms with Gasteiger partial charge in [0.15, 0.2) is 11.4 Å². The first-order chi connectivity index (χ1) is 10.1. The summed E-state index contributed by atoms with van der Waals surface area (Å²) in [6.45, 7) is 4.01. The van der Waals surface area contributed by atoms with Gasteiger partial charge in [-0.2, -0.15) is 5.10 Å². The van der Waals surface area contributed by atoms with Gasteiger partial charge in [-0.15, -0.1) is 0 Å². The molecule has 0 saturated heterocycles. The largest absolute Gasteiger partial charge is 0.465 e. The first-order valence-electron chi connectivity index (χ1n) is 6.62. The molecular formula is C15H15N3O3. The number of aromatic nitrogens is 3. The third-order valence-electron chi connectivity index (χ3n) is 3.23. The summed E-state index contributed by atoms with van der Waals surface area (Å²) in [7, 11) is 1.36. The normalized spacial score (nSPS) is 11.2. The van der Waals surface area contributed by atoms with Gasteiger partial charge in [-0.3, -0.25) is 0 Å². The van der Waals surface area contributed by atoms with Crippen molar-refractivity contribution in [3.05, 3.63) is 36.2 Å². The number of nitrogens with zero attached hydrogens (tertiary/aromatic N) is 3. The maximum atomic E-state index is 12.0. The lowest BCUT2D eigenvalue weighted by atomic mass is 10.1. The molecule has 0 saturated carbocycles. The van der Waals surface area contributed by atoms with Gasteiger partial charge in [-0.1, -0.05) is 0 Å². The van der Waals surface area contributed by atoms with Crippen LogP contribution in [0, 0.1) is 0 Å². The SMILES string of the molecule is COC(=O)c1cc(-c2ccco2)nc2c1cnn2C(C)C. The Bertz CT molecular complexity index is 788. The Morgan fingerprint density at radius 3 is 2.86 bits per heavy atom. The molecule has 0 aliphatic heterocycles. The molecule has 3 heterocycles. The maximum absolute atomic E-state index is 12.0. The van der Waals surface area contributed by atoms with Gasteiger partial charge in [0.25, 0.3) is 0 Å². The molecule has 21 heavy (non-hydrogen) atoms. The molecule has 0 aromatic carbocycles. The molecule has 3 aromatic heterocycles. The summed E-state index contributed by atoms with van der Waals surface area (Å²) in [5.74, 6) is 0.178. The molecule has 6 heteroatoms. The third kappa shape index (κ3) is 2.18. The van der Waals surface area contributed by atoms with Gasteiger partial charge < -0.3 is 9.15 Å². The van der Waals surface area contributed by atoms with Crippen molar-refractivity contribution in [2.24, 2.45) is 0 Å². The number of carbonyl (C=O) groups excluding carboxylic acids is 1. The number of ether oxygens (including phenoxy) is 1. The van der Waals surface area contributed by atoms with E-state index in [9.17, 15) is 4.79 Å². The molecule has 0 atom stereocenters. The van der Waals surface area contributed by atoms with Crippen molar-refractivity contribution in [3.8, 4) is 11.5 Å². The van der Waals surface area contributed by atoms with Crippen molar-refractivity contribution in [2.75, 3.05) is 7.11 Å². The monoisotopic (exact) mass is 285 g/mol. The lowest BCUT2D eigenvalue weighted by Crippen LogP contribution is -2.06. The average molecular weight is 285 g/mol. The molecule has 0 amide bonds. The number of methoxy groups -OCH3 is 1. The zero-order chi connectivity index (χ0) is 15.0. The minimum Gasteiger partial charge on any atom is -0.465 e. The number of pyridine rings is 1. The van der Waals surface area contributed by atoms with E-state index in [1.807, 2.05) is 13.8 Å². The lowest BCUT2D eigenvalue weighted by molar-refractivity contribution is 0.0603. The Kier molecular flexibility index (Phi) is 3.21. The minimum atomic E-state index is -0.418. The van der Waals surface area contributed by atoms with Crippen LogP contribution in [0.4, 0.5) is 0 Å². The fourth-order valence-corrected chi connectivity index (χ4v) is 2.23. The Balaban J connectivity index is 2.31. The van der Waals surface area contributed by atoms with E-state index in [4.69, 9.17) is 9.15 Å². The zero-order valence-corrected chi connectivity index (χ0v) is 12.0. The summed E-state index contributed by atoms with van der Waals surface area (Å²) in [6, 6.07) is 5.37. The fraction of sp³-hybridized carbons (Fsp3) is 0.267.